The number of nitrogens with zero attached hydrogens (tertiary/aromatic N) is 6. The van der Waals surface area contributed by atoms with Gasteiger partial charge in [0.15, 0.2) is 11.5 Å². The van der Waals surface area contributed by atoms with Crippen molar-refractivity contribution in [3.63, 3.8) is 0 Å². The Kier molecular flexibility index (Phi) is 5.31. The highest BCUT2D eigenvalue weighted by atomic mass is 19.4. The van der Waals surface area contributed by atoms with E-state index in [4.69, 9.17) is 0 Å². The third-order valence-corrected chi connectivity index (χ3v) is 5.35. The fraction of sp³-hybridized carbons (Fsp3) is 0.0833. The highest BCUT2D eigenvalue weighted by Gasteiger charge is 2.31. The van der Waals surface area contributed by atoms with Crippen molar-refractivity contribution in [3.05, 3.63) is 107 Å². The first-order chi connectivity index (χ1) is 16.7. The Morgan fingerprint density at radius 1 is 0.886 bits per heavy atom. The Bertz CT molecular complexity index is 1580. The van der Waals surface area contributed by atoms with Crippen molar-refractivity contribution in [2.45, 2.75) is 13.1 Å². The number of rotatable bonds is 4. The van der Waals surface area contributed by atoms with Crippen molar-refractivity contribution in [2.75, 3.05) is 0 Å². The predicted molar refractivity (Wildman–Crippen MR) is 119 cm³/mol. The first-order valence-corrected chi connectivity index (χ1v) is 10.3. The summed E-state index contributed by atoms with van der Waals surface area (Å²) in [6.07, 6.45) is 1.43. The molecule has 35 heavy (non-hydrogen) atoms. The molecule has 0 spiro atoms. The summed E-state index contributed by atoms with van der Waals surface area (Å²) in [6.45, 7) is 1.66. The van der Waals surface area contributed by atoms with Gasteiger partial charge in [-0.25, -0.2) is 18.4 Å². The van der Waals surface area contributed by atoms with Gasteiger partial charge in [0.1, 0.15) is 11.4 Å². The van der Waals surface area contributed by atoms with Crippen molar-refractivity contribution in [1.82, 2.24) is 29.3 Å². The molecule has 2 aromatic carbocycles. The molecule has 5 aromatic rings. The van der Waals surface area contributed by atoms with Gasteiger partial charge in [-0.15, -0.1) is 0 Å². The maximum absolute atomic E-state index is 15.0. The van der Waals surface area contributed by atoms with Crippen LogP contribution < -0.4 is 5.43 Å². The van der Waals surface area contributed by atoms with Crippen LogP contribution in [0.2, 0.25) is 0 Å². The lowest BCUT2D eigenvalue weighted by Gasteiger charge is -2.13. The fourth-order valence-electron chi connectivity index (χ4n) is 3.68. The summed E-state index contributed by atoms with van der Waals surface area (Å²) in [4.78, 5) is 12.8. The minimum absolute atomic E-state index is 0.0740. The third kappa shape index (κ3) is 4.12. The van der Waals surface area contributed by atoms with Crippen LogP contribution in [-0.4, -0.2) is 29.3 Å². The molecular formula is C24H16F4N6O. The number of aryl methyl sites for hydroxylation is 1. The second kappa shape index (κ2) is 8.35. The number of halogens is 4. The number of hydrogen-bond acceptors (Lipinski definition) is 4. The summed E-state index contributed by atoms with van der Waals surface area (Å²) in [5, 5.41) is 12.5. The van der Waals surface area contributed by atoms with Crippen LogP contribution in [0.4, 0.5) is 17.6 Å². The van der Waals surface area contributed by atoms with Gasteiger partial charge in [0.2, 0.25) is 5.43 Å². The van der Waals surface area contributed by atoms with E-state index >= 15 is 0 Å². The van der Waals surface area contributed by atoms with Gasteiger partial charge < -0.3 is 0 Å². The standard InChI is InChI=1S/C24H16F4N6O/c1-15-14-30-34(18-5-2-4-16(12-18)24(26,27)28)23(15)22-21(35)8-11-33(31-22)20-7-6-17(13-19(20)25)32-10-3-9-29-32/h2-14H,1H3. The summed E-state index contributed by atoms with van der Waals surface area (Å²) < 4.78 is 58.6. The Balaban J connectivity index is 1.61. The van der Waals surface area contributed by atoms with E-state index in [1.807, 2.05) is 0 Å². The second-order valence-electron chi connectivity index (χ2n) is 7.70. The van der Waals surface area contributed by atoms with E-state index in [2.05, 4.69) is 15.3 Å². The first kappa shape index (κ1) is 22.3. The molecule has 0 aliphatic carbocycles. The van der Waals surface area contributed by atoms with Crippen LogP contribution >= 0.6 is 0 Å². The van der Waals surface area contributed by atoms with E-state index in [9.17, 15) is 22.4 Å². The Hall–Kier alpha value is -4.54. The molecule has 0 aliphatic heterocycles. The molecule has 0 N–H and O–H groups in total. The maximum Gasteiger partial charge on any atom is 0.416 e. The number of benzene rings is 2. The largest absolute Gasteiger partial charge is 0.416 e. The van der Waals surface area contributed by atoms with Gasteiger partial charge >= 0.3 is 6.18 Å². The molecular weight excluding hydrogens is 464 g/mol. The van der Waals surface area contributed by atoms with E-state index in [0.717, 1.165) is 12.1 Å². The van der Waals surface area contributed by atoms with Crippen molar-refractivity contribution < 1.29 is 17.6 Å². The molecule has 0 amide bonds. The van der Waals surface area contributed by atoms with E-state index in [1.54, 1.807) is 31.5 Å². The van der Waals surface area contributed by atoms with Crippen molar-refractivity contribution >= 4 is 0 Å². The van der Waals surface area contributed by atoms with Crippen LogP contribution in [0.1, 0.15) is 11.1 Å². The normalized spacial score (nSPS) is 11.7. The highest BCUT2D eigenvalue weighted by Crippen LogP contribution is 2.31. The lowest BCUT2D eigenvalue weighted by molar-refractivity contribution is -0.137. The van der Waals surface area contributed by atoms with Crippen LogP contribution in [0.5, 0.6) is 0 Å². The van der Waals surface area contributed by atoms with Gasteiger partial charge in [0, 0.05) is 30.7 Å². The molecule has 0 fully saturated rings. The van der Waals surface area contributed by atoms with E-state index in [1.165, 1.54) is 56.8 Å². The maximum atomic E-state index is 15.0. The average Bonchev–Trinajstić information content (AvgIpc) is 3.49. The zero-order valence-corrected chi connectivity index (χ0v) is 18.1. The second-order valence-corrected chi connectivity index (χ2v) is 7.70. The summed E-state index contributed by atoms with van der Waals surface area (Å²) >= 11 is 0. The topological polar surface area (TPSA) is 70.5 Å². The van der Waals surface area contributed by atoms with Crippen LogP contribution in [0.25, 0.3) is 28.5 Å². The molecule has 7 nitrogen and oxygen atoms in total. The number of hydrogen-bond donors (Lipinski definition) is 0. The van der Waals surface area contributed by atoms with Crippen molar-refractivity contribution in [1.29, 1.82) is 0 Å². The molecule has 3 aromatic heterocycles. The zero-order chi connectivity index (χ0) is 24.7. The monoisotopic (exact) mass is 480 g/mol. The average molecular weight is 480 g/mol. The van der Waals surface area contributed by atoms with Crippen LogP contribution in [0, 0.1) is 12.7 Å². The molecule has 176 valence electrons. The molecule has 0 bridgehead atoms. The fourth-order valence-corrected chi connectivity index (χ4v) is 3.68. The van der Waals surface area contributed by atoms with Crippen LogP contribution in [-0.2, 0) is 6.18 Å². The minimum atomic E-state index is -4.55. The number of aromatic nitrogens is 6. The van der Waals surface area contributed by atoms with Gasteiger partial charge in [-0.05, 0) is 48.9 Å². The molecule has 3 heterocycles. The predicted octanol–water partition coefficient (Wildman–Crippen LogP) is 4.74. The summed E-state index contributed by atoms with van der Waals surface area (Å²) in [5.41, 5.74) is -0.0410. The Labute approximate surface area is 195 Å². The van der Waals surface area contributed by atoms with Gasteiger partial charge in [-0.2, -0.15) is 28.5 Å². The van der Waals surface area contributed by atoms with E-state index in [-0.39, 0.29) is 22.8 Å². The summed E-state index contributed by atoms with van der Waals surface area (Å²) in [7, 11) is 0. The van der Waals surface area contributed by atoms with Crippen molar-refractivity contribution in [2.24, 2.45) is 0 Å². The molecule has 5 rings (SSSR count). The SMILES string of the molecule is Cc1cnn(-c2cccc(C(F)(F)F)c2)c1-c1nn(-c2ccc(-n3cccn3)cc2F)ccc1=O. The van der Waals surface area contributed by atoms with Crippen molar-refractivity contribution in [3.8, 4) is 28.5 Å². The minimum Gasteiger partial charge on any atom is -0.287 e. The molecule has 0 atom stereocenters. The van der Waals surface area contributed by atoms with Gasteiger partial charge in [-0.1, -0.05) is 6.07 Å². The quantitative estimate of drug-likeness (QED) is 0.349. The molecule has 0 radical (unpaired) electrons. The van der Waals surface area contributed by atoms with Crippen LogP contribution in [0.15, 0.2) is 84.2 Å². The molecule has 0 unspecified atom stereocenters. The number of alkyl halides is 3. The van der Waals surface area contributed by atoms with E-state index < -0.39 is 23.0 Å². The molecule has 11 heteroatoms. The summed E-state index contributed by atoms with van der Waals surface area (Å²) in [6, 6.07) is 11.9. The lowest BCUT2D eigenvalue weighted by Crippen LogP contribution is -2.16. The van der Waals surface area contributed by atoms with Gasteiger partial charge in [0.25, 0.3) is 0 Å². The van der Waals surface area contributed by atoms with Gasteiger partial charge in [-0.3, -0.25) is 4.79 Å². The van der Waals surface area contributed by atoms with Gasteiger partial charge in [0.05, 0.1) is 23.1 Å². The Morgan fingerprint density at radius 3 is 2.43 bits per heavy atom. The third-order valence-electron chi connectivity index (χ3n) is 5.35. The van der Waals surface area contributed by atoms with E-state index in [0.29, 0.717) is 11.3 Å². The highest BCUT2D eigenvalue weighted by molar-refractivity contribution is 5.61. The smallest absolute Gasteiger partial charge is 0.287 e. The zero-order valence-electron chi connectivity index (χ0n) is 18.1. The first-order valence-electron chi connectivity index (χ1n) is 10.3. The Morgan fingerprint density at radius 2 is 1.71 bits per heavy atom. The molecule has 0 saturated heterocycles. The molecule has 0 aliphatic rings. The summed E-state index contributed by atoms with van der Waals surface area (Å²) in [5.74, 6) is -0.608. The van der Waals surface area contributed by atoms with Crippen LogP contribution in [0.3, 0.4) is 0 Å². The lowest BCUT2D eigenvalue weighted by atomic mass is 10.1. The molecule has 0 saturated carbocycles.